The van der Waals surface area contributed by atoms with Crippen LogP contribution < -0.4 is 14.5 Å². The van der Waals surface area contributed by atoms with Gasteiger partial charge < -0.3 is 19.1 Å². The molecule has 0 atom stereocenters. The monoisotopic (exact) mass is 978 g/mol. The van der Waals surface area contributed by atoms with E-state index in [9.17, 15) is 0 Å². The van der Waals surface area contributed by atoms with Crippen LogP contribution in [0, 0.1) is 0 Å². The molecular formula is C69H50N6O. The second-order valence-electron chi connectivity index (χ2n) is 21.0. The van der Waals surface area contributed by atoms with Crippen LogP contribution in [0.25, 0.3) is 99.6 Å². The van der Waals surface area contributed by atoms with Crippen LogP contribution in [0.3, 0.4) is 0 Å². The van der Waals surface area contributed by atoms with E-state index in [1.165, 1.54) is 77.3 Å². The van der Waals surface area contributed by atoms with Crippen LogP contribution in [0.4, 0.5) is 22.7 Å². The number of aromatic nitrogens is 4. The predicted octanol–water partition coefficient (Wildman–Crippen LogP) is 18.0. The number of ether oxygens (including phenoxy) is 1. The topological polar surface area (TPSA) is 51.4 Å². The van der Waals surface area contributed by atoms with Gasteiger partial charge in [0, 0.05) is 62.1 Å². The Bertz CT molecular complexity index is 4410. The summed E-state index contributed by atoms with van der Waals surface area (Å²) in [6.07, 6.45) is 5.70. The summed E-state index contributed by atoms with van der Waals surface area (Å²) in [7, 11) is 0. The Morgan fingerprint density at radius 2 is 1.11 bits per heavy atom. The first-order valence-corrected chi connectivity index (χ1v) is 26.1. The molecule has 0 bridgehead atoms. The van der Waals surface area contributed by atoms with Crippen molar-refractivity contribution in [2.24, 2.45) is 0 Å². The van der Waals surface area contributed by atoms with E-state index < -0.39 is 0 Å². The average Bonchev–Trinajstić information content (AvgIpc) is 4.32. The molecule has 0 spiro atoms. The van der Waals surface area contributed by atoms with Gasteiger partial charge in [0.05, 0.1) is 62.9 Å². The lowest BCUT2D eigenvalue weighted by Crippen LogP contribution is -2.25. The van der Waals surface area contributed by atoms with E-state index in [1.54, 1.807) is 0 Å². The van der Waals surface area contributed by atoms with E-state index in [2.05, 4.69) is 258 Å². The summed E-state index contributed by atoms with van der Waals surface area (Å²) in [5.74, 6) is 2.20. The summed E-state index contributed by atoms with van der Waals surface area (Å²) in [5.41, 5.74) is 20.5. The van der Waals surface area contributed by atoms with Crippen LogP contribution in [0.15, 0.2) is 237 Å². The van der Waals surface area contributed by atoms with Crippen LogP contribution in [-0.2, 0) is 5.41 Å². The van der Waals surface area contributed by atoms with Crippen molar-refractivity contribution >= 4 is 66.4 Å². The number of anilines is 4. The van der Waals surface area contributed by atoms with Crippen LogP contribution in [0.2, 0.25) is 0 Å². The number of para-hydroxylation sites is 5. The molecule has 0 unspecified atom stereocenters. The molecule has 15 rings (SSSR count). The van der Waals surface area contributed by atoms with E-state index in [0.29, 0.717) is 18.2 Å². The molecule has 7 nitrogen and oxygen atoms in total. The molecule has 0 saturated heterocycles. The quantitative estimate of drug-likeness (QED) is 0.159. The highest BCUT2D eigenvalue weighted by molar-refractivity contribution is 6.23. The molecule has 0 amide bonds. The van der Waals surface area contributed by atoms with Crippen molar-refractivity contribution in [3.63, 3.8) is 0 Å². The second-order valence-corrected chi connectivity index (χ2v) is 21.0. The number of nitrogens with zero attached hydrogens (tertiary/aromatic N) is 6. The Morgan fingerprint density at radius 3 is 1.88 bits per heavy atom. The number of hydrogen-bond acceptors (Lipinski definition) is 5. The maximum atomic E-state index is 6.97. The van der Waals surface area contributed by atoms with Crippen LogP contribution in [-0.4, -0.2) is 25.8 Å². The molecule has 2 aliphatic rings. The highest BCUT2D eigenvalue weighted by atomic mass is 16.5. The van der Waals surface area contributed by atoms with Crippen molar-refractivity contribution in [3.05, 3.63) is 243 Å². The van der Waals surface area contributed by atoms with Gasteiger partial charge in [-0.05, 0) is 87.8 Å². The SMILES string of the molecule is CC(C)(C)c1ccnc(-n2c3cc(Oc4cncc(N5CN(c6c(-c7ccccc7)cccc6-c6ccccc6)c6ccccc65)c4)ccc3c3c4c(ccc32)-n2c3ccccc3c3cccc(c32)-c2ccccc2-4)c1. The summed E-state index contributed by atoms with van der Waals surface area (Å²) in [6.45, 7) is 7.34. The van der Waals surface area contributed by atoms with Crippen LogP contribution in [0.5, 0.6) is 11.5 Å². The molecule has 0 fully saturated rings. The minimum atomic E-state index is -0.0895. The van der Waals surface area contributed by atoms with Gasteiger partial charge in [0.15, 0.2) is 0 Å². The highest BCUT2D eigenvalue weighted by Gasteiger charge is 2.33. The standard InChI is InChI=1S/C69H50N6O/c1-69(2,3)46-36-37-71-64(38-46)74-61-34-35-62-65(54-24-11-10-22-52(54)55-27-17-28-56-53-23-12-13-29-58(53)75(62)68(55)56)66(61)57-33-32-48(40-63(57)74)76-49-39-47(41-70-42-49)72-43-73(60-31-15-14-30-59(60)72)67-50(44-18-6-4-7-19-44)25-16-26-51(67)45-20-8-5-9-21-45/h4-42H,43H2,1-3H3. The fraction of sp³-hybridized carbons (Fsp3) is 0.0725. The van der Waals surface area contributed by atoms with Gasteiger partial charge in [-0.1, -0.05) is 172 Å². The zero-order valence-corrected chi connectivity index (χ0v) is 42.3. The third-order valence-electron chi connectivity index (χ3n) is 15.6. The molecule has 4 aromatic heterocycles. The Balaban J connectivity index is 0.880. The first-order chi connectivity index (χ1) is 37.4. The third-order valence-corrected chi connectivity index (χ3v) is 15.6. The fourth-order valence-corrected chi connectivity index (χ4v) is 12.2. The summed E-state index contributed by atoms with van der Waals surface area (Å²) >= 11 is 0. The van der Waals surface area contributed by atoms with E-state index in [-0.39, 0.29) is 5.41 Å². The van der Waals surface area contributed by atoms with E-state index in [1.807, 2.05) is 18.6 Å². The van der Waals surface area contributed by atoms with Crippen molar-refractivity contribution in [3.8, 4) is 67.5 Å². The zero-order valence-electron chi connectivity index (χ0n) is 42.3. The predicted molar refractivity (Wildman–Crippen MR) is 313 cm³/mol. The zero-order chi connectivity index (χ0) is 50.6. The summed E-state index contributed by atoms with van der Waals surface area (Å²) < 4.78 is 11.8. The van der Waals surface area contributed by atoms with Gasteiger partial charge in [0.2, 0.25) is 0 Å². The molecule has 0 N–H and O–H groups in total. The highest BCUT2D eigenvalue weighted by Crippen LogP contribution is 2.53. The maximum absolute atomic E-state index is 6.97. The first-order valence-electron chi connectivity index (χ1n) is 26.1. The Kier molecular flexibility index (Phi) is 9.75. The lowest BCUT2D eigenvalue weighted by molar-refractivity contribution is 0.481. The lowest BCUT2D eigenvalue weighted by Gasteiger charge is -2.27. The van der Waals surface area contributed by atoms with Crippen molar-refractivity contribution in [1.82, 2.24) is 19.1 Å². The second kappa shape index (κ2) is 16.9. The molecule has 9 aromatic carbocycles. The fourth-order valence-electron chi connectivity index (χ4n) is 12.2. The molecule has 7 heteroatoms. The molecule has 0 saturated carbocycles. The van der Waals surface area contributed by atoms with Gasteiger partial charge in [-0.2, -0.15) is 0 Å². The van der Waals surface area contributed by atoms with Crippen LogP contribution in [0.1, 0.15) is 26.3 Å². The molecule has 0 aliphatic carbocycles. The number of rotatable bonds is 7. The summed E-state index contributed by atoms with van der Waals surface area (Å²) in [4.78, 5) is 14.8. The number of pyridine rings is 2. The smallest absolute Gasteiger partial charge is 0.147 e. The molecule has 2 aliphatic heterocycles. The number of benzene rings is 9. The van der Waals surface area contributed by atoms with Crippen molar-refractivity contribution in [1.29, 1.82) is 0 Å². The van der Waals surface area contributed by atoms with Gasteiger partial charge in [0.1, 0.15) is 24.0 Å². The molecular weight excluding hydrogens is 929 g/mol. The lowest BCUT2D eigenvalue weighted by atomic mass is 9.88. The van der Waals surface area contributed by atoms with Gasteiger partial charge in [0.25, 0.3) is 0 Å². The maximum Gasteiger partial charge on any atom is 0.147 e. The molecule has 6 heterocycles. The van der Waals surface area contributed by atoms with Crippen LogP contribution >= 0.6 is 0 Å². The van der Waals surface area contributed by atoms with E-state index >= 15 is 0 Å². The van der Waals surface area contributed by atoms with Gasteiger partial charge in [-0.3, -0.25) is 9.55 Å². The Morgan fingerprint density at radius 1 is 0.447 bits per heavy atom. The normalized spacial score (nSPS) is 12.8. The van der Waals surface area contributed by atoms with Crippen molar-refractivity contribution < 1.29 is 4.74 Å². The van der Waals surface area contributed by atoms with Crippen molar-refractivity contribution in [2.75, 3.05) is 16.5 Å². The van der Waals surface area contributed by atoms with Gasteiger partial charge >= 0.3 is 0 Å². The van der Waals surface area contributed by atoms with E-state index in [0.717, 1.165) is 50.7 Å². The molecule has 0 radical (unpaired) electrons. The average molecular weight is 979 g/mol. The van der Waals surface area contributed by atoms with Gasteiger partial charge in [-0.25, -0.2) is 4.98 Å². The number of hydrogen-bond donors (Lipinski definition) is 0. The Hall–Kier alpha value is -9.72. The summed E-state index contributed by atoms with van der Waals surface area (Å²) in [5, 5.41) is 4.77. The minimum absolute atomic E-state index is 0.0895. The van der Waals surface area contributed by atoms with Crippen molar-refractivity contribution in [2.45, 2.75) is 26.2 Å². The molecule has 13 aromatic rings. The third kappa shape index (κ3) is 6.75. The van der Waals surface area contributed by atoms with Gasteiger partial charge in [-0.15, -0.1) is 0 Å². The molecule has 76 heavy (non-hydrogen) atoms. The first kappa shape index (κ1) is 43.8. The number of fused-ring (bicyclic) bond motifs is 13. The summed E-state index contributed by atoms with van der Waals surface area (Å²) in [6, 6.07) is 78.8. The Labute approximate surface area is 440 Å². The largest absolute Gasteiger partial charge is 0.456 e. The molecule has 362 valence electrons. The van der Waals surface area contributed by atoms with E-state index in [4.69, 9.17) is 14.7 Å². The minimum Gasteiger partial charge on any atom is -0.456 e.